The quantitative estimate of drug-likeness (QED) is 0.849. The topological polar surface area (TPSA) is 47.3 Å². The van der Waals surface area contributed by atoms with Gasteiger partial charge in [-0.05, 0) is 25.0 Å². The van der Waals surface area contributed by atoms with Crippen molar-refractivity contribution in [3.05, 3.63) is 29.6 Å². The first-order valence-corrected chi connectivity index (χ1v) is 6.88. The summed E-state index contributed by atoms with van der Waals surface area (Å²) in [5, 5.41) is 9.09. The van der Waals surface area contributed by atoms with E-state index < -0.39 is 5.82 Å². The Morgan fingerprint density at radius 3 is 2.90 bits per heavy atom. The predicted octanol–water partition coefficient (Wildman–Crippen LogP) is 2.15. The largest absolute Gasteiger partial charge is 0.361 e. The lowest BCUT2D eigenvalue weighted by molar-refractivity contribution is -0.129. The fourth-order valence-corrected chi connectivity index (χ4v) is 2.52. The highest BCUT2D eigenvalue weighted by molar-refractivity contribution is 5.82. The zero-order valence-electron chi connectivity index (χ0n) is 11.6. The van der Waals surface area contributed by atoms with Crippen LogP contribution in [0.2, 0.25) is 0 Å². The second-order valence-electron chi connectivity index (χ2n) is 4.90. The zero-order valence-corrected chi connectivity index (χ0v) is 11.6. The van der Waals surface area contributed by atoms with Gasteiger partial charge in [-0.25, -0.2) is 4.39 Å². The standard InChI is InChI=1S/C15H18FN3O/c1-2-7-18-8-4-9-19(11-15(18)20)14-6-3-5-13(16)12(14)10-17/h3,5-6H,2,4,7-9,11H2,1H3. The molecule has 1 aliphatic rings. The van der Waals surface area contributed by atoms with Crippen molar-refractivity contribution in [1.82, 2.24) is 4.90 Å². The number of halogens is 1. The Labute approximate surface area is 118 Å². The van der Waals surface area contributed by atoms with Gasteiger partial charge in [0.05, 0.1) is 12.2 Å². The van der Waals surface area contributed by atoms with Gasteiger partial charge in [0.25, 0.3) is 0 Å². The van der Waals surface area contributed by atoms with Crippen molar-refractivity contribution in [3.8, 4) is 6.07 Å². The van der Waals surface area contributed by atoms with Crippen molar-refractivity contribution >= 4 is 11.6 Å². The van der Waals surface area contributed by atoms with Crippen LogP contribution in [0.15, 0.2) is 18.2 Å². The maximum Gasteiger partial charge on any atom is 0.242 e. The summed E-state index contributed by atoms with van der Waals surface area (Å²) in [5.74, 6) is -0.496. The van der Waals surface area contributed by atoms with Crippen LogP contribution in [-0.4, -0.2) is 37.0 Å². The third-order valence-corrected chi connectivity index (χ3v) is 3.47. The van der Waals surface area contributed by atoms with Crippen LogP contribution in [0.3, 0.4) is 0 Å². The first-order valence-electron chi connectivity index (χ1n) is 6.88. The minimum Gasteiger partial charge on any atom is -0.361 e. The van der Waals surface area contributed by atoms with E-state index in [1.807, 2.05) is 17.9 Å². The van der Waals surface area contributed by atoms with E-state index in [2.05, 4.69) is 0 Å². The Bertz CT molecular complexity index is 538. The second-order valence-corrected chi connectivity index (χ2v) is 4.90. The number of amides is 1. The molecule has 0 saturated carbocycles. The van der Waals surface area contributed by atoms with Crippen LogP contribution in [0.25, 0.3) is 0 Å². The molecule has 2 rings (SSSR count). The maximum atomic E-state index is 13.7. The summed E-state index contributed by atoms with van der Waals surface area (Å²) in [7, 11) is 0. The lowest BCUT2D eigenvalue weighted by atomic mass is 10.1. The van der Waals surface area contributed by atoms with E-state index in [1.54, 1.807) is 17.0 Å². The van der Waals surface area contributed by atoms with Gasteiger partial charge in [0.1, 0.15) is 17.4 Å². The molecule has 0 radical (unpaired) electrons. The van der Waals surface area contributed by atoms with E-state index in [0.29, 0.717) is 12.2 Å². The van der Waals surface area contributed by atoms with Gasteiger partial charge >= 0.3 is 0 Å². The van der Waals surface area contributed by atoms with Gasteiger partial charge in [-0.15, -0.1) is 0 Å². The van der Waals surface area contributed by atoms with Gasteiger partial charge in [0.15, 0.2) is 0 Å². The van der Waals surface area contributed by atoms with Crippen molar-refractivity contribution in [2.75, 3.05) is 31.1 Å². The van der Waals surface area contributed by atoms with Crippen molar-refractivity contribution in [2.24, 2.45) is 0 Å². The lowest BCUT2D eigenvalue weighted by Gasteiger charge is -2.23. The minimum atomic E-state index is -0.535. The molecular formula is C15H18FN3O. The first-order chi connectivity index (χ1) is 9.67. The molecule has 106 valence electrons. The average molecular weight is 275 g/mol. The summed E-state index contributed by atoms with van der Waals surface area (Å²) in [4.78, 5) is 15.8. The molecule has 1 saturated heterocycles. The highest BCUT2D eigenvalue weighted by Gasteiger charge is 2.23. The number of benzene rings is 1. The molecule has 0 atom stereocenters. The normalized spacial score (nSPS) is 15.9. The molecule has 4 nitrogen and oxygen atoms in total. The lowest BCUT2D eigenvalue weighted by Crippen LogP contribution is -2.37. The molecule has 1 fully saturated rings. The highest BCUT2D eigenvalue weighted by Crippen LogP contribution is 2.24. The van der Waals surface area contributed by atoms with E-state index in [-0.39, 0.29) is 18.0 Å². The summed E-state index contributed by atoms with van der Waals surface area (Å²) < 4.78 is 13.7. The molecule has 5 heteroatoms. The third-order valence-electron chi connectivity index (χ3n) is 3.47. The molecule has 0 N–H and O–H groups in total. The van der Waals surface area contributed by atoms with Gasteiger partial charge in [-0.2, -0.15) is 5.26 Å². The van der Waals surface area contributed by atoms with Crippen molar-refractivity contribution < 1.29 is 9.18 Å². The number of carbonyl (C=O) groups excluding carboxylic acids is 1. The fourth-order valence-electron chi connectivity index (χ4n) is 2.52. The summed E-state index contributed by atoms with van der Waals surface area (Å²) in [5.41, 5.74) is 0.531. The smallest absolute Gasteiger partial charge is 0.242 e. The summed E-state index contributed by atoms with van der Waals surface area (Å²) in [6, 6.07) is 6.43. The Kier molecular flexibility index (Phi) is 4.57. The van der Waals surface area contributed by atoms with Crippen LogP contribution in [-0.2, 0) is 4.79 Å². The molecule has 1 aromatic rings. The van der Waals surface area contributed by atoms with Crippen molar-refractivity contribution in [1.29, 1.82) is 5.26 Å². The zero-order chi connectivity index (χ0) is 14.5. The number of nitriles is 1. The van der Waals surface area contributed by atoms with Gasteiger partial charge in [-0.1, -0.05) is 13.0 Å². The Morgan fingerprint density at radius 1 is 1.40 bits per heavy atom. The average Bonchev–Trinajstić information content (AvgIpc) is 2.61. The third kappa shape index (κ3) is 2.90. The van der Waals surface area contributed by atoms with E-state index in [1.165, 1.54) is 6.07 Å². The number of rotatable bonds is 3. The van der Waals surface area contributed by atoms with E-state index in [9.17, 15) is 9.18 Å². The second kappa shape index (κ2) is 6.38. The molecule has 0 spiro atoms. The van der Waals surface area contributed by atoms with Gasteiger partial charge in [0, 0.05) is 19.6 Å². The molecule has 1 amide bonds. The number of hydrogen-bond donors (Lipinski definition) is 0. The first kappa shape index (κ1) is 14.3. The number of hydrogen-bond acceptors (Lipinski definition) is 3. The number of carbonyl (C=O) groups is 1. The van der Waals surface area contributed by atoms with Crippen molar-refractivity contribution in [2.45, 2.75) is 19.8 Å². The molecule has 20 heavy (non-hydrogen) atoms. The molecule has 0 unspecified atom stereocenters. The van der Waals surface area contributed by atoms with Crippen LogP contribution in [0.5, 0.6) is 0 Å². The predicted molar refractivity (Wildman–Crippen MR) is 74.8 cm³/mol. The maximum absolute atomic E-state index is 13.7. The number of nitrogens with zero attached hydrogens (tertiary/aromatic N) is 3. The van der Waals surface area contributed by atoms with Crippen LogP contribution in [0, 0.1) is 17.1 Å². The Morgan fingerprint density at radius 2 is 2.20 bits per heavy atom. The number of anilines is 1. The summed E-state index contributed by atoms with van der Waals surface area (Å²) in [6.07, 6.45) is 1.75. The molecule has 1 aromatic carbocycles. The van der Waals surface area contributed by atoms with E-state index >= 15 is 0 Å². The fraction of sp³-hybridized carbons (Fsp3) is 0.467. The van der Waals surface area contributed by atoms with Crippen LogP contribution in [0.1, 0.15) is 25.3 Å². The van der Waals surface area contributed by atoms with Crippen LogP contribution < -0.4 is 4.90 Å². The SMILES string of the molecule is CCCN1CCCN(c2cccc(F)c2C#N)CC1=O. The molecule has 0 aromatic heterocycles. The molecule has 0 aliphatic carbocycles. The molecule has 0 bridgehead atoms. The van der Waals surface area contributed by atoms with Crippen LogP contribution in [0.4, 0.5) is 10.1 Å². The van der Waals surface area contributed by atoms with E-state index in [4.69, 9.17) is 5.26 Å². The minimum absolute atomic E-state index is 0.0178. The monoisotopic (exact) mass is 275 g/mol. The molecular weight excluding hydrogens is 257 g/mol. The van der Waals surface area contributed by atoms with Gasteiger partial charge in [-0.3, -0.25) is 4.79 Å². The summed E-state index contributed by atoms with van der Waals surface area (Å²) in [6.45, 7) is 4.37. The Balaban J connectivity index is 2.24. The van der Waals surface area contributed by atoms with E-state index in [0.717, 1.165) is 25.9 Å². The molecule has 1 heterocycles. The van der Waals surface area contributed by atoms with Crippen molar-refractivity contribution in [3.63, 3.8) is 0 Å². The van der Waals surface area contributed by atoms with Crippen LogP contribution >= 0.6 is 0 Å². The van der Waals surface area contributed by atoms with Gasteiger partial charge < -0.3 is 9.80 Å². The highest BCUT2D eigenvalue weighted by atomic mass is 19.1. The van der Waals surface area contributed by atoms with Gasteiger partial charge in [0.2, 0.25) is 5.91 Å². The summed E-state index contributed by atoms with van der Waals surface area (Å²) >= 11 is 0. The molecule has 1 aliphatic heterocycles. The Hall–Kier alpha value is -2.09.